The van der Waals surface area contributed by atoms with Crippen LogP contribution in [-0.2, 0) is 23.7 Å². The van der Waals surface area contributed by atoms with Gasteiger partial charge in [-0.25, -0.2) is 0 Å². The Hall–Kier alpha value is -1.21. The summed E-state index contributed by atoms with van der Waals surface area (Å²) >= 11 is 0. The van der Waals surface area contributed by atoms with Gasteiger partial charge in [-0.15, -0.1) is 0 Å². The summed E-state index contributed by atoms with van der Waals surface area (Å²) in [6.07, 6.45) is -15.7. The molecule has 2 saturated heterocycles. The van der Waals surface area contributed by atoms with Crippen molar-refractivity contribution in [2.45, 2.75) is 111 Å². The van der Waals surface area contributed by atoms with E-state index in [1.807, 2.05) is 0 Å². The van der Waals surface area contributed by atoms with E-state index in [2.05, 4.69) is 10.6 Å². The molecule has 1 amide bonds. The molecule has 2 heterocycles. The fourth-order valence-electron chi connectivity index (χ4n) is 5.83. The molecule has 1 aliphatic carbocycles. The van der Waals surface area contributed by atoms with Crippen LogP contribution in [0.4, 0.5) is 0 Å². The number of amides is 1. The number of carbonyl (C=O) groups excluding carboxylic acids is 1. The number of ether oxygens (including phenoxy) is 4. The van der Waals surface area contributed by atoms with Gasteiger partial charge < -0.3 is 93.4 Å². The number of hydrogen-bond donors (Lipinski definition) is 14. The van der Waals surface area contributed by atoms with Crippen molar-refractivity contribution in [3.63, 3.8) is 0 Å². The van der Waals surface area contributed by atoms with Gasteiger partial charge in [0.2, 0.25) is 0 Å². The molecule has 0 spiro atoms. The lowest BCUT2D eigenvalue weighted by Crippen LogP contribution is -2.68. The van der Waals surface area contributed by atoms with Crippen LogP contribution < -0.4 is 33.6 Å². The predicted molar refractivity (Wildman–Crippen MR) is 153 cm³/mol. The summed E-state index contributed by atoms with van der Waals surface area (Å²) < 4.78 is 23.7. The molecule has 0 aromatic carbocycles. The Labute approximate surface area is 260 Å². The summed E-state index contributed by atoms with van der Waals surface area (Å²) in [5.74, 6) is -1.84. The van der Waals surface area contributed by atoms with Crippen LogP contribution in [0.15, 0.2) is 0 Å². The highest BCUT2D eigenvalue weighted by molar-refractivity contribution is 5.81. The molecule has 19 nitrogen and oxygen atoms in total. The third-order valence-corrected chi connectivity index (χ3v) is 8.65. The first-order valence-electron chi connectivity index (χ1n) is 15.2. The minimum atomic E-state index is -2.13. The summed E-state index contributed by atoms with van der Waals surface area (Å²) in [5, 5.41) is 87.2. The molecule has 16 atom stereocenters. The summed E-state index contributed by atoms with van der Waals surface area (Å²) in [6.45, 7) is -0.474. The first kappa shape index (κ1) is 38.2. The Balaban J connectivity index is 1.86. The summed E-state index contributed by atoms with van der Waals surface area (Å²) in [5.41, 5.74) is 23.6. The van der Waals surface area contributed by atoms with Crippen LogP contribution in [-0.4, -0.2) is 178 Å². The SMILES string of the molecule is NCC1CC(O[C@H]2O[C@H](CNCCO)CCC2N)C(O)C(O[C@H]2OC(CO)C(O)[C@H](N)C2O)[C@@H]1NC(=O)[C@@H](O)[C@@H](O)[C@@H](O)CN. The molecule has 3 fully saturated rings. The highest BCUT2D eigenvalue weighted by Crippen LogP contribution is 2.34. The van der Waals surface area contributed by atoms with Crippen molar-refractivity contribution in [2.75, 3.05) is 39.4 Å². The second kappa shape index (κ2) is 17.8. The fraction of sp³-hybridized carbons (Fsp3) is 0.962. The van der Waals surface area contributed by atoms with Gasteiger partial charge in [-0.1, -0.05) is 0 Å². The van der Waals surface area contributed by atoms with Gasteiger partial charge in [0, 0.05) is 19.6 Å². The average molecular weight is 657 g/mol. The van der Waals surface area contributed by atoms with Crippen molar-refractivity contribution >= 4 is 5.91 Å². The van der Waals surface area contributed by atoms with Gasteiger partial charge in [-0.2, -0.15) is 0 Å². The minimum Gasteiger partial charge on any atom is -0.395 e. The number of hydrogen-bond acceptors (Lipinski definition) is 18. The smallest absolute Gasteiger partial charge is 0.251 e. The van der Waals surface area contributed by atoms with E-state index >= 15 is 0 Å². The van der Waals surface area contributed by atoms with E-state index in [0.717, 1.165) is 0 Å². The Morgan fingerprint density at radius 3 is 2.29 bits per heavy atom. The minimum absolute atomic E-state index is 0.0398. The van der Waals surface area contributed by atoms with Crippen LogP contribution in [0.5, 0.6) is 0 Å². The molecule has 0 radical (unpaired) electrons. The van der Waals surface area contributed by atoms with Crippen LogP contribution in [0.1, 0.15) is 19.3 Å². The lowest BCUT2D eigenvalue weighted by molar-refractivity contribution is -0.315. The second-order valence-corrected chi connectivity index (χ2v) is 11.8. The zero-order chi connectivity index (χ0) is 33.4. The first-order chi connectivity index (χ1) is 21.4. The molecule has 19 heteroatoms. The van der Waals surface area contributed by atoms with Crippen molar-refractivity contribution in [1.29, 1.82) is 0 Å². The fourth-order valence-corrected chi connectivity index (χ4v) is 5.83. The predicted octanol–water partition coefficient (Wildman–Crippen LogP) is -8.20. The Morgan fingerprint density at radius 1 is 0.956 bits per heavy atom. The molecular weight excluding hydrogens is 604 g/mol. The maximum absolute atomic E-state index is 13.0. The Morgan fingerprint density at radius 2 is 1.67 bits per heavy atom. The van der Waals surface area contributed by atoms with Crippen LogP contribution >= 0.6 is 0 Å². The first-order valence-corrected chi connectivity index (χ1v) is 15.2. The molecule has 0 aromatic heterocycles. The second-order valence-electron chi connectivity index (χ2n) is 11.8. The van der Waals surface area contributed by atoms with Crippen molar-refractivity contribution in [3.8, 4) is 0 Å². The number of nitrogens with one attached hydrogen (secondary N) is 2. The normalized spacial score (nSPS) is 41.3. The van der Waals surface area contributed by atoms with Crippen molar-refractivity contribution in [1.82, 2.24) is 10.6 Å². The standard InChI is InChI=1S/C26H52N6O13/c27-6-10-5-14(43-25-12(29)2-1-11(42-25)8-31-3-4-33)20(38)23(17(10)32-24(41)22(40)18(36)13(35)7-28)45-26-21(39)16(30)19(37)15(9-34)44-26/h10-23,25-26,31,33-40H,1-9,27-30H2,(H,32,41)/t10?,11-,12?,13-,14?,15?,16-,17+,18-,19?,20?,21?,22-,23?,25+,26+/m0/s1. The van der Waals surface area contributed by atoms with E-state index in [1.165, 1.54) is 0 Å². The van der Waals surface area contributed by atoms with Crippen LogP contribution in [0.3, 0.4) is 0 Å². The number of rotatable bonds is 15. The van der Waals surface area contributed by atoms with Crippen LogP contribution in [0, 0.1) is 5.92 Å². The summed E-state index contributed by atoms with van der Waals surface area (Å²) in [4.78, 5) is 13.0. The Kier molecular flexibility index (Phi) is 15.1. The average Bonchev–Trinajstić information content (AvgIpc) is 3.04. The number of aliphatic hydroxyl groups is 8. The third-order valence-electron chi connectivity index (χ3n) is 8.65. The number of aliphatic hydroxyl groups excluding tert-OH is 8. The molecule has 8 unspecified atom stereocenters. The summed E-state index contributed by atoms with van der Waals surface area (Å²) in [6, 6.07) is -3.05. The van der Waals surface area contributed by atoms with Gasteiger partial charge in [0.1, 0.15) is 36.6 Å². The lowest BCUT2D eigenvalue weighted by Gasteiger charge is -2.49. The highest BCUT2D eigenvalue weighted by atomic mass is 16.7. The summed E-state index contributed by atoms with van der Waals surface area (Å²) in [7, 11) is 0. The largest absolute Gasteiger partial charge is 0.395 e. The van der Waals surface area contributed by atoms with Gasteiger partial charge in [0.05, 0.1) is 49.7 Å². The molecule has 45 heavy (non-hydrogen) atoms. The van der Waals surface area contributed by atoms with Crippen molar-refractivity contribution < 1.29 is 64.6 Å². The van der Waals surface area contributed by atoms with E-state index < -0.39 is 111 Å². The molecule has 0 aromatic rings. The third kappa shape index (κ3) is 9.45. The van der Waals surface area contributed by atoms with Gasteiger partial charge >= 0.3 is 0 Å². The van der Waals surface area contributed by atoms with Crippen LogP contribution in [0.2, 0.25) is 0 Å². The number of carbonyl (C=O) groups is 1. The van der Waals surface area contributed by atoms with E-state index in [-0.39, 0.29) is 25.7 Å². The molecule has 18 N–H and O–H groups in total. The maximum atomic E-state index is 13.0. The monoisotopic (exact) mass is 656 g/mol. The quantitative estimate of drug-likeness (QED) is 0.0727. The van der Waals surface area contributed by atoms with Gasteiger partial charge in [0.25, 0.3) is 5.91 Å². The molecule has 1 saturated carbocycles. The van der Waals surface area contributed by atoms with Crippen molar-refractivity contribution in [3.05, 3.63) is 0 Å². The molecule has 3 aliphatic rings. The highest BCUT2D eigenvalue weighted by Gasteiger charge is 2.52. The van der Waals surface area contributed by atoms with E-state index in [4.69, 9.17) is 47.0 Å². The van der Waals surface area contributed by atoms with E-state index in [9.17, 15) is 40.5 Å². The van der Waals surface area contributed by atoms with Gasteiger partial charge in [-0.3, -0.25) is 4.79 Å². The molecule has 3 rings (SSSR count). The Bertz CT molecular complexity index is 898. The van der Waals surface area contributed by atoms with Gasteiger partial charge in [0.15, 0.2) is 18.7 Å². The lowest BCUT2D eigenvalue weighted by atomic mass is 9.78. The molecule has 264 valence electrons. The van der Waals surface area contributed by atoms with E-state index in [0.29, 0.717) is 25.9 Å². The van der Waals surface area contributed by atoms with Crippen molar-refractivity contribution in [2.24, 2.45) is 28.9 Å². The van der Waals surface area contributed by atoms with E-state index in [1.54, 1.807) is 0 Å². The molecular formula is C26H52N6O13. The zero-order valence-corrected chi connectivity index (χ0v) is 25.0. The zero-order valence-electron chi connectivity index (χ0n) is 25.0. The van der Waals surface area contributed by atoms with Gasteiger partial charge in [-0.05, 0) is 31.7 Å². The topological polar surface area (TPSA) is 344 Å². The molecule has 2 aliphatic heterocycles. The molecule has 0 bridgehead atoms. The maximum Gasteiger partial charge on any atom is 0.251 e. The number of nitrogens with two attached hydrogens (primary N) is 4. The van der Waals surface area contributed by atoms with Crippen LogP contribution in [0.25, 0.3) is 0 Å².